The molecule has 0 aliphatic heterocycles. The van der Waals surface area contributed by atoms with Gasteiger partial charge in [0.25, 0.3) is 0 Å². The fraction of sp³-hybridized carbons (Fsp3) is 0.263. The van der Waals surface area contributed by atoms with E-state index in [1.165, 1.54) is 18.2 Å². The van der Waals surface area contributed by atoms with Crippen LogP contribution in [0.25, 0.3) is 10.8 Å². The highest BCUT2D eigenvalue weighted by molar-refractivity contribution is 6.02. The van der Waals surface area contributed by atoms with Crippen LogP contribution in [-0.4, -0.2) is 16.1 Å². The summed E-state index contributed by atoms with van der Waals surface area (Å²) in [6, 6.07) is 6.48. The quantitative estimate of drug-likeness (QED) is 0.729. The Bertz CT molecular complexity index is 1000. The van der Waals surface area contributed by atoms with Crippen LogP contribution in [0.4, 0.5) is 13.2 Å². The summed E-state index contributed by atoms with van der Waals surface area (Å²) < 4.78 is 39.1. The van der Waals surface area contributed by atoms with Crippen LogP contribution in [-0.2, 0) is 11.6 Å². The molecule has 0 unspecified atom stereocenters. The molecule has 2 aromatic carbocycles. The fourth-order valence-corrected chi connectivity index (χ4v) is 3.50. The molecule has 0 spiro atoms. The van der Waals surface area contributed by atoms with Gasteiger partial charge in [-0.15, -0.1) is 0 Å². The summed E-state index contributed by atoms with van der Waals surface area (Å²) in [5, 5.41) is 7.83. The number of fused-ring (bicyclic) bond motifs is 1. The van der Waals surface area contributed by atoms with Crippen LogP contribution in [0.5, 0.6) is 0 Å². The van der Waals surface area contributed by atoms with Crippen molar-refractivity contribution in [3.63, 3.8) is 0 Å². The minimum absolute atomic E-state index is 0.280. The maximum absolute atomic E-state index is 13.0. The van der Waals surface area contributed by atoms with E-state index >= 15 is 0 Å². The van der Waals surface area contributed by atoms with Crippen LogP contribution in [0.1, 0.15) is 46.6 Å². The van der Waals surface area contributed by atoms with E-state index in [1.807, 2.05) is 20.8 Å². The number of hydrogen-bond acceptors (Lipinski definition) is 2. The summed E-state index contributed by atoms with van der Waals surface area (Å²) in [5.41, 5.74) is 6.64. The minimum atomic E-state index is -4.44. The van der Waals surface area contributed by atoms with Crippen LogP contribution in [0.2, 0.25) is 0 Å². The molecule has 1 heterocycles. The zero-order chi connectivity index (χ0) is 19.3. The average molecular weight is 361 g/mol. The zero-order valence-corrected chi connectivity index (χ0v) is 14.5. The molecule has 0 aliphatic carbocycles. The summed E-state index contributed by atoms with van der Waals surface area (Å²) in [7, 11) is 0. The third kappa shape index (κ3) is 2.83. The van der Waals surface area contributed by atoms with Crippen molar-refractivity contribution in [2.75, 3.05) is 0 Å². The molecule has 136 valence electrons. The van der Waals surface area contributed by atoms with Crippen molar-refractivity contribution in [2.45, 2.75) is 32.4 Å². The lowest BCUT2D eigenvalue weighted by molar-refractivity contribution is -0.137. The number of hydrogen-bond donors (Lipinski definition) is 2. The molecular formula is C19H18F3N3O. The summed E-state index contributed by atoms with van der Waals surface area (Å²) >= 11 is 0. The Morgan fingerprint density at radius 2 is 1.85 bits per heavy atom. The van der Waals surface area contributed by atoms with E-state index in [4.69, 9.17) is 5.73 Å². The molecule has 0 radical (unpaired) electrons. The number of aromatic amines is 1. The number of aryl methyl sites for hydroxylation is 1. The summed E-state index contributed by atoms with van der Waals surface area (Å²) in [4.78, 5) is 12.0. The second-order valence-corrected chi connectivity index (χ2v) is 6.82. The molecule has 7 heteroatoms. The Morgan fingerprint density at radius 1 is 1.15 bits per heavy atom. The molecule has 3 rings (SSSR count). The molecule has 0 fully saturated rings. The Labute approximate surface area is 148 Å². The second-order valence-electron chi connectivity index (χ2n) is 6.82. The van der Waals surface area contributed by atoms with Gasteiger partial charge in [0.05, 0.1) is 11.8 Å². The van der Waals surface area contributed by atoms with Gasteiger partial charge in [0, 0.05) is 22.2 Å². The number of carbonyl (C=O) groups is 1. The number of benzene rings is 2. The number of alkyl halides is 3. The normalized spacial score (nSPS) is 12.5. The maximum Gasteiger partial charge on any atom is 0.416 e. The van der Waals surface area contributed by atoms with Crippen LogP contribution < -0.4 is 5.73 Å². The first-order chi connectivity index (χ1) is 12.0. The molecule has 3 aromatic rings. The first-order valence-electron chi connectivity index (χ1n) is 7.98. The highest BCUT2D eigenvalue weighted by Crippen LogP contribution is 2.40. The number of nitrogens with zero attached hydrogens (tertiary/aromatic N) is 1. The average Bonchev–Trinajstić information content (AvgIpc) is 2.99. The van der Waals surface area contributed by atoms with Gasteiger partial charge in [0.1, 0.15) is 0 Å². The number of amides is 1. The lowest BCUT2D eigenvalue weighted by Gasteiger charge is -2.29. The monoisotopic (exact) mass is 361 g/mol. The fourth-order valence-electron chi connectivity index (χ4n) is 3.50. The first kappa shape index (κ1) is 18.0. The van der Waals surface area contributed by atoms with Gasteiger partial charge in [-0.05, 0) is 41.5 Å². The number of nitrogens with two attached hydrogens (primary N) is 1. The highest BCUT2D eigenvalue weighted by atomic mass is 19.4. The number of H-pyrrole nitrogens is 1. The van der Waals surface area contributed by atoms with E-state index < -0.39 is 23.1 Å². The Balaban J connectivity index is 2.36. The Kier molecular flexibility index (Phi) is 4.05. The van der Waals surface area contributed by atoms with Gasteiger partial charge in [0.2, 0.25) is 5.91 Å². The Hall–Kier alpha value is -2.83. The topological polar surface area (TPSA) is 71.8 Å². The highest BCUT2D eigenvalue weighted by Gasteiger charge is 2.34. The van der Waals surface area contributed by atoms with Crippen molar-refractivity contribution >= 4 is 16.7 Å². The molecule has 0 saturated carbocycles. The standard InChI is InChI=1S/C19H18F3N3O/c1-10-15(9-24-25-10)18(2,3)16-13-7-5-12(19(20,21)22)8-11(13)4-6-14(16)17(23)26/h4-9H,1-3H3,(H2,23,26)(H,24,25). The molecule has 4 nitrogen and oxygen atoms in total. The molecular weight excluding hydrogens is 343 g/mol. The van der Waals surface area contributed by atoms with Gasteiger partial charge in [-0.2, -0.15) is 18.3 Å². The first-order valence-corrected chi connectivity index (χ1v) is 7.98. The predicted octanol–water partition coefficient (Wildman–Crippen LogP) is 4.31. The van der Waals surface area contributed by atoms with E-state index in [0.717, 1.165) is 23.4 Å². The maximum atomic E-state index is 13.0. The van der Waals surface area contributed by atoms with Gasteiger partial charge in [-0.3, -0.25) is 9.89 Å². The van der Waals surface area contributed by atoms with E-state index in [0.29, 0.717) is 16.3 Å². The smallest absolute Gasteiger partial charge is 0.366 e. The number of nitrogens with one attached hydrogen (secondary N) is 1. The second kappa shape index (κ2) is 5.86. The summed E-state index contributed by atoms with van der Waals surface area (Å²) in [5.74, 6) is -0.629. The third-order valence-corrected chi connectivity index (χ3v) is 4.74. The van der Waals surface area contributed by atoms with Crippen LogP contribution in [0, 0.1) is 6.92 Å². The van der Waals surface area contributed by atoms with Crippen molar-refractivity contribution in [3.8, 4) is 0 Å². The van der Waals surface area contributed by atoms with Crippen LogP contribution in [0.3, 0.4) is 0 Å². The van der Waals surface area contributed by atoms with Gasteiger partial charge in [-0.25, -0.2) is 0 Å². The van der Waals surface area contributed by atoms with Gasteiger partial charge in [0.15, 0.2) is 0 Å². The van der Waals surface area contributed by atoms with Crippen LogP contribution in [0.15, 0.2) is 36.5 Å². The van der Waals surface area contributed by atoms with Gasteiger partial charge < -0.3 is 5.73 Å². The van der Waals surface area contributed by atoms with Crippen LogP contribution >= 0.6 is 0 Å². The summed E-state index contributed by atoms with van der Waals surface area (Å²) in [6.45, 7) is 5.63. The molecule has 0 saturated heterocycles. The third-order valence-electron chi connectivity index (χ3n) is 4.74. The number of halogens is 3. The lowest BCUT2D eigenvalue weighted by atomic mass is 9.74. The molecule has 26 heavy (non-hydrogen) atoms. The van der Waals surface area contributed by atoms with E-state index in [1.54, 1.807) is 6.20 Å². The molecule has 3 N–H and O–H groups in total. The minimum Gasteiger partial charge on any atom is -0.366 e. The number of rotatable bonds is 3. The van der Waals surface area contributed by atoms with Gasteiger partial charge in [-0.1, -0.05) is 26.0 Å². The van der Waals surface area contributed by atoms with Crippen molar-refractivity contribution in [3.05, 3.63) is 64.5 Å². The molecule has 0 aliphatic rings. The van der Waals surface area contributed by atoms with E-state index in [2.05, 4.69) is 10.2 Å². The zero-order valence-electron chi connectivity index (χ0n) is 14.5. The molecule has 1 amide bonds. The predicted molar refractivity (Wildman–Crippen MR) is 92.9 cm³/mol. The SMILES string of the molecule is Cc1[nH]ncc1C(C)(C)c1c(C(N)=O)ccc2cc(C(F)(F)F)ccc12. The Morgan fingerprint density at radius 3 is 2.38 bits per heavy atom. The van der Waals surface area contributed by atoms with E-state index in [9.17, 15) is 18.0 Å². The lowest BCUT2D eigenvalue weighted by Crippen LogP contribution is -2.26. The molecule has 0 bridgehead atoms. The number of carbonyl (C=O) groups excluding carboxylic acids is 1. The number of primary amides is 1. The van der Waals surface area contributed by atoms with Crippen molar-refractivity contribution in [1.82, 2.24) is 10.2 Å². The number of aromatic nitrogens is 2. The largest absolute Gasteiger partial charge is 0.416 e. The van der Waals surface area contributed by atoms with Gasteiger partial charge >= 0.3 is 6.18 Å². The molecule has 1 aromatic heterocycles. The van der Waals surface area contributed by atoms with Crippen molar-refractivity contribution < 1.29 is 18.0 Å². The summed E-state index contributed by atoms with van der Waals surface area (Å²) in [6.07, 6.45) is -2.78. The van der Waals surface area contributed by atoms with Crippen molar-refractivity contribution in [2.24, 2.45) is 5.73 Å². The van der Waals surface area contributed by atoms with Crippen molar-refractivity contribution in [1.29, 1.82) is 0 Å². The van der Waals surface area contributed by atoms with E-state index in [-0.39, 0.29) is 5.56 Å². The molecule has 0 atom stereocenters.